The van der Waals surface area contributed by atoms with E-state index in [1.165, 1.54) is 6.42 Å². The van der Waals surface area contributed by atoms with Crippen molar-refractivity contribution in [3.63, 3.8) is 0 Å². The highest BCUT2D eigenvalue weighted by atomic mass is 16.4. The van der Waals surface area contributed by atoms with E-state index in [1.54, 1.807) is 18.3 Å². The van der Waals surface area contributed by atoms with Crippen molar-refractivity contribution in [3.05, 3.63) is 35.9 Å². The average molecular weight is 259 g/mol. The fourth-order valence-electron chi connectivity index (χ4n) is 2.90. The number of aromatic nitrogens is 2. The Labute approximate surface area is 111 Å². The monoisotopic (exact) mass is 259 g/mol. The van der Waals surface area contributed by atoms with Crippen LogP contribution in [0.3, 0.4) is 0 Å². The van der Waals surface area contributed by atoms with Gasteiger partial charge in [0.2, 0.25) is 0 Å². The Hall–Kier alpha value is -1.88. The first kappa shape index (κ1) is 12.2. The molecule has 1 fully saturated rings. The third-order valence-electron chi connectivity index (χ3n) is 3.88. The zero-order valence-electron chi connectivity index (χ0n) is 10.9. The smallest absolute Gasteiger partial charge is 0.335 e. The summed E-state index contributed by atoms with van der Waals surface area (Å²) in [7, 11) is 0. The van der Waals surface area contributed by atoms with Crippen LogP contribution < -0.4 is 0 Å². The van der Waals surface area contributed by atoms with Crippen LogP contribution in [0.1, 0.15) is 42.0 Å². The number of imidazole rings is 1. The highest BCUT2D eigenvalue weighted by molar-refractivity contribution is 5.88. The highest BCUT2D eigenvalue weighted by Gasteiger charge is 2.27. The molecule has 1 saturated heterocycles. The Bertz CT molecular complexity index is 620. The molecule has 3 rings (SSSR count). The third-order valence-corrected chi connectivity index (χ3v) is 3.88. The van der Waals surface area contributed by atoms with Gasteiger partial charge in [0.15, 0.2) is 0 Å². The van der Waals surface area contributed by atoms with Gasteiger partial charge in [-0.2, -0.15) is 0 Å². The molecule has 0 aromatic carbocycles. The molecule has 2 aromatic rings. The number of hydrogen-bond acceptors (Lipinski definition) is 3. The summed E-state index contributed by atoms with van der Waals surface area (Å²) in [4.78, 5) is 17.9. The molecule has 1 unspecified atom stereocenters. The van der Waals surface area contributed by atoms with Gasteiger partial charge >= 0.3 is 5.97 Å². The molecular formula is C14H17N3O2. The molecule has 0 aliphatic carbocycles. The van der Waals surface area contributed by atoms with Crippen molar-refractivity contribution in [2.45, 2.75) is 25.8 Å². The molecule has 1 aliphatic heterocycles. The van der Waals surface area contributed by atoms with E-state index >= 15 is 0 Å². The van der Waals surface area contributed by atoms with E-state index in [0.717, 1.165) is 30.9 Å². The summed E-state index contributed by atoms with van der Waals surface area (Å²) in [6.07, 6.45) is 5.88. The summed E-state index contributed by atoms with van der Waals surface area (Å²) < 4.78 is 2.01. The SMILES string of the molecule is CCN1CCCC1c1ncc2cc(C(=O)O)ccn12. The Kier molecular flexibility index (Phi) is 2.98. The molecule has 0 spiro atoms. The number of carboxylic acid groups (broad SMARTS) is 1. The molecule has 5 heteroatoms. The van der Waals surface area contributed by atoms with Crippen LogP contribution in [0.15, 0.2) is 24.5 Å². The van der Waals surface area contributed by atoms with Gasteiger partial charge < -0.3 is 9.51 Å². The van der Waals surface area contributed by atoms with Crippen molar-refractivity contribution in [1.82, 2.24) is 14.3 Å². The molecule has 3 heterocycles. The van der Waals surface area contributed by atoms with Crippen molar-refractivity contribution >= 4 is 11.5 Å². The van der Waals surface area contributed by atoms with Gasteiger partial charge in [-0.1, -0.05) is 6.92 Å². The number of nitrogens with zero attached hydrogens (tertiary/aromatic N) is 3. The number of fused-ring (bicyclic) bond motifs is 1. The predicted molar refractivity (Wildman–Crippen MR) is 71.4 cm³/mol. The molecule has 0 amide bonds. The van der Waals surface area contributed by atoms with E-state index in [2.05, 4.69) is 16.8 Å². The fraction of sp³-hybridized carbons (Fsp3) is 0.429. The van der Waals surface area contributed by atoms with E-state index in [0.29, 0.717) is 11.6 Å². The zero-order chi connectivity index (χ0) is 13.4. The van der Waals surface area contributed by atoms with Gasteiger partial charge in [-0.05, 0) is 38.1 Å². The number of aromatic carboxylic acids is 1. The minimum Gasteiger partial charge on any atom is -0.478 e. The lowest BCUT2D eigenvalue weighted by atomic mass is 10.2. The van der Waals surface area contributed by atoms with Gasteiger partial charge in [0.05, 0.1) is 23.3 Å². The first-order valence-corrected chi connectivity index (χ1v) is 6.65. The van der Waals surface area contributed by atoms with Crippen LogP contribution in [0.4, 0.5) is 0 Å². The Morgan fingerprint density at radius 2 is 2.42 bits per heavy atom. The lowest BCUT2D eigenvalue weighted by Crippen LogP contribution is -2.24. The van der Waals surface area contributed by atoms with Gasteiger partial charge in [0.1, 0.15) is 5.82 Å². The van der Waals surface area contributed by atoms with E-state index in [-0.39, 0.29) is 0 Å². The summed E-state index contributed by atoms with van der Waals surface area (Å²) >= 11 is 0. The molecule has 19 heavy (non-hydrogen) atoms. The van der Waals surface area contributed by atoms with Crippen LogP contribution in [0.2, 0.25) is 0 Å². The molecule has 0 bridgehead atoms. The second-order valence-electron chi connectivity index (χ2n) is 4.92. The van der Waals surface area contributed by atoms with Crippen LogP contribution in [0.25, 0.3) is 5.52 Å². The number of pyridine rings is 1. The molecule has 100 valence electrons. The quantitative estimate of drug-likeness (QED) is 0.918. The Morgan fingerprint density at radius 3 is 3.16 bits per heavy atom. The summed E-state index contributed by atoms with van der Waals surface area (Å²) in [5, 5.41) is 9.00. The Morgan fingerprint density at radius 1 is 1.58 bits per heavy atom. The highest BCUT2D eigenvalue weighted by Crippen LogP contribution is 2.31. The average Bonchev–Trinajstić information content (AvgIpc) is 3.03. The van der Waals surface area contributed by atoms with Crippen LogP contribution in [-0.4, -0.2) is 38.4 Å². The topological polar surface area (TPSA) is 57.8 Å². The van der Waals surface area contributed by atoms with E-state index in [4.69, 9.17) is 5.11 Å². The lowest BCUT2D eigenvalue weighted by Gasteiger charge is -2.21. The van der Waals surface area contributed by atoms with Crippen LogP contribution in [-0.2, 0) is 0 Å². The van der Waals surface area contributed by atoms with Gasteiger partial charge in [0, 0.05) is 6.20 Å². The maximum Gasteiger partial charge on any atom is 0.335 e. The second kappa shape index (κ2) is 4.66. The maximum absolute atomic E-state index is 11.0. The molecule has 1 N–H and O–H groups in total. The standard InChI is InChI=1S/C14H17N3O2/c1-2-16-6-3-4-12(16)13-15-9-11-8-10(14(18)19)5-7-17(11)13/h5,7-9,12H,2-4,6H2,1H3,(H,18,19). The minimum atomic E-state index is -0.902. The van der Waals surface area contributed by atoms with Gasteiger partial charge in [-0.15, -0.1) is 0 Å². The Balaban J connectivity index is 2.03. The number of carbonyl (C=O) groups is 1. The molecule has 5 nitrogen and oxygen atoms in total. The number of hydrogen-bond donors (Lipinski definition) is 1. The summed E-state index contributed by atoms with van der Waals surface area (Å²) in [6, 6.07) is 3.65. The normalized spacial score (nSPS) is 20.2. The largest absolute Gasteiger partial charge is 0.478 e. The maximum atomic E-state index is 11.0. The third kappa shape index (κ3) is 2.00. The number of rotatable bonds is 3. The van der Waals surface area contributed by atoms with Crippen LogP contribution in [0, 0.1) is 0 Å². The molecule has 1 atom stereocenters. The van der Waals surface area contributed by atoms with E-state index < -0.39 is 5.97 Å². The van der Waals surface area contributed by atoms with E-state index in [1.807, 2.05) is 10.6 Å². The number of likely N-dealkylation sites (tertiary alicyclic amines) is 1. The van der Waals surface area contributed by atoms with Gasteiger partial charge in [-0.25, -0.2) is 9.78 Å². The van der Waals surface area contributed by atoms with Crippen molar-refractivity contribution < 1.29 is 9.90 Å². The fourth-order valence-corrected chi connectivity index (χ4v) is 2.90. The molecule has 0 radical (unpaired) electrons. The summed E-state index contributed by atoms with van der Waals surface area (Å²) in [5.41, 5.74) is 1.15. The second-order valence-corrected chi connectivity index (χ2v) is 4.92. The first-order valence-electron chi connectivity index (χ1n) is 6.65. The summed E-state index contributed by atoms with van der Waals surface area (Å²) in [5.74, 6) is 0.118. The number of carboxylic acids is 1. The van der Waals surface area contributed by atoms with Crippen LogP contribution in [0.5, 0.6) is 0 Å². The molecular weight excluding hydrogens is 242 g/mol. The predicted octanol–water partition coefficient (Wildman–Crippen LogP) is 2.19. The van der Waals surface area contributed by atoms with Gasteiger partial charge in [-0.3, -0.25) is 4.90 Å². The van der Waals surface area contributed by atoms with E-state index in [9.17, 15) is 4.79 Å². The molecule has 0 saturated carbocycles. The first-order chi connectivity index (χ1) is 9.20. The zero-order valence-corrected chi connectivity index (χ0v) is 10.9. The summed E-state index contributed by atoms with van der Waals surface area (Å²) in [6.45, 7) is 4.30. The minimum absolute atomic E-state index is 0.303. The van der Waals surface area contributed by atoms with Gasteiger partial charge in [0.25, 0.3) is 0 Å². The molecule has 2 aromatic heterocycles. The van der Waals surface area contributed by atoms with Crippen molar-refractivity contribution in [3.8, 4) is 0 Å². The van der Waals surface area contributed by atoms with Crippen molar-refractivity contribution in [1.29, 1.82) is 0 Å². The molecule has 1 aliphatic rings. The van der Waals surface area contributed by atoms with Crippen molar-refractivity contribution in [2.24, 2.45) is 0 Å². The van der Waals surface area contributed by atoms with Crippen LogP contribution >= 0.6 is 0 Å². The lowest BCUT2D eigenvalue weighted by molar-refractivity contribution is 0.0697. The van der Waals surface area contributed by atoms with Crippen molar-refractivity contribution in [2.75, 3.05) is 13.1 Å².